The van der Waals surface area contributed by atoms with Gasteiger partial charge in [0, 0.05) is 6.04 Å². The van der Waals surface area contributed by atoms with Crippen LogP contribution in [-0.4, -0.2) is 0 Å². The summed E-state index contributed by atoms with van der Waals surface area (Å²) in [5, 5.41) is 12.3. The molecule has 20 heavy (non-hydrogen) atoms. The van der Waals surface area contributed by atoms with E-state index in [0.717, 1.165) is 5.56 Å². The summed E-state index contributed by atoms with van der Waals surface area (Å²) in [4.78, 5) is 0. The van der Waals surface area contributed by atoms with Gasteiger partial charge >= 0.3 is 0 Å². The number of anilines is 1. The van der Waals surface area contributed by atoms with Gasteiger partial charge in [-0.15, -0.1) is 0 Å². The number of halogens is 1. The van der Waals surface area contributed by atoms with Crippen molar-refractivity contribution in [2.24, 2.45) is 0 Å². The highest BCUT2D eigenvalue weighted by Gasteiger charge is 2.12. The van der Waals surface area contributed by atoms with E-state index in [0.29, 0.717) is 5.69 Å². The van der Waals surface area contributed by atoms with Gasteiger partial charge in [-0.25, -0.2) is 4.39 Å². The Labute approximate surface area is 118 Å². The molecule has 2 aromatic rings. The molecule has 1 atom stereocenters. The van der Waals surface area contributed by atoms with Crippen molar-refractivity contribution in [2.45, 2.75) is 26.8 Å². The first kappa shape index (κ1) is 14.1. The van der Waals surface area contributed by atoms with E-state index in [-0.39, 0.29) is 11.6 Å². The predicted octanol–water partition coefficient (Wildman–Crippen LogP) is 4.49. The van der Waals surface area contributed by atoms with Crippen LogP contribution in [0.25, 0.3) is 0 Å². The van der Waals surface area contributed by atoms with Gasteiger partial charge in [-0.2, -0.15) is 5.26 Å². The van der Waals surface area contributed by atoms with E-state index in [9.17, 15) is 4.39 Å². The van der Waals surface area contributed by atoms with Gasteiger partial charge in [0.05, 0.1) is 5.69 Å². The number of nitrogens with zero attached hydrogens (tertiary/aromatic N) is 1. The monoisotopic (exact) mass is 268 g/mol. The van der Waals surface area contributed by atoms with Crippen molar-refractivity contribution in [1.29, 1.82) is 5.26 Å². The van der Waals surface area contributed by atoms with Gasteiger partial charge in [0.2, 0.25) is 0 Å². The fourth-order valence-corrected chi connectivity index (χ4v) is 2.38. The van der Waals surface area contributed by atoms with Gasteiger partial charge in [0.1, 0.15) is 17.4 Å². The van der Waals surface area contributed by atoms with Gasteiger partial charge in [-0.05, 0) is 44.0 Å². The highest BCUT2D eigenvalue weighted by atomic mass is 19.1. The van der Waals surface area contributed by atoms with Crippen LogP contribution in [0.5, 0.6) is 0 Å². The zero-order valence-corrected chi connectivity index (χ0v) is 11.9. The minimum Gasteiger partial charge on any atom is -0.377 e. The third-order valence-corrected chi connectivity index (χ3v) is 3.39. The number of benzene rings is 2. The average molecular weight is 268 g/mol. The van der Waals surface area contributed by atoms with E-state index < -0.39 is 5.82 Å². The number of hydrogen-bond acceptors (Lipinski definition) is 2. The van der Waals surface area contributed by atoms with Crippen LogP contribution in [0.2, 0.25) is 0 Å². The van der Waals surface area contributed by atoms with Crippen molar-refractivity contribution < 1.29 is 4.39 Å². The maximum absolute atomic E-state index is 13.6. The summed E-state index contributed by atoms with van der Waals surface area (Å²) < 4.78 is 13.6. The molecule has 1 N–H and O–H groups in total. The molecular formula is C17H17FN2. The minimum atomic E-state index is -0.495. The van der Waals surface area contributed by atoms with Crippen LogP contribution in [0.1, 0.15) is 35.2 Å². The Bertz CT molecular complexity index is 671. The lowest BCUT2D eigenvalue weighted by atomic mass is 10.00. The molecule has 0 bridgehead atoms. The predicted molar refractivity (Wildman–Crippen MR) is 79.1 cm³/mol. The Morgan fingerprint density at radius 1 is 1.20 bits per heavy atom. The molecule has 0 spiro atoms. The SMILES string of the molecule is Cc1ccc(C(C)Nc2cccc(F)c2C#N)c(C)c1. The molecule has 2 rings (SSSR count). The Kier molecular flexibility index (Phi) is 4.05. The van der Waals surface area contributed by atoms with Crippen molar-refractivity contribution in [3.05, 3.63) is 64.5 Å². The van der Waals surface area contributed by atoms with Gasteiger partial charge in [0.15, 0.2) is 0 Å². The molecule has 0 fully saturated rings. The van der Waals surface area contributed by atoms with Crippen molar-refractivity contribution in [1.82, 2.24) is 0 Å². The minimum absolute atomic E-state index is 0.00417. The van der Waals surface area contributed by atoms with Crippen molar-refractivity contribution >= 4 is 5.69 Å². The Morgan fingerprint density at radius 3 is 2.60 bits per heavy atom. The second kappa shape index (κ2) is 5.75. The first-order chi connectivity index (χ1) is 9.52. The molecule has 2 nitrogen and oxygen atoms in total. The molecule has 0 heterocycles. The highest BCUT2D eigenvalue weighted by molar-refractivity contribution is 5.59. The lowest BCUT2D eigenvalue weighted by Gasteiger charge is -2.19. The zero-order valence-electron chi connectivity index (χ0n) is 11.9. The second-order valence-corrected chi connectivity index (χ2v) is 5.00. The molecule has 1 unspecified atom stereocenters. The molecular weight excluding hydrogens is 251 g/mol. The van der Waals surface area contributed by atoms with Gasteiger partial charge in [0.25, 0.3) is 0 Å². The molecule has 0 aliphatic rings. The molecule has 3 heteroatoms. The molecule has 0 aliphatic heterocycles. The average Bonchev–Trinajstić information content (AvgIpc) is 2.38. The Morgan fingerprint density at radius 2 is 1.95 bits per heavy atom. The summed E-state index contributed by atoms with van der Waals surface area (Å²) >= 11 is 0. The zero-order chi connectivity index (χ0) is 14.7. The standard InChI is InChI=1S/C17H17FN2/c1-11-7-8-14(12(2)9-11)13(3)20-17-6-4-5-16(18)15(17)10-19/h4-9,13,20H,1-3H3. The number of aryl methyl sites for hydroxylation is 2. The molecule has 0 saturated carbocycles. The third kappa shape index (κ3) is 2.80. The summed E-state index contributed by atoms with van der Waals surface area (Å²) in [6, 6.07) is 12.8. The molecule has 2 aromatic carbocycles. The fraction of sp³-hybridized carbons (Fsp3) is 0.235. The van der Waals surface area contributed by atoms with Crippen LogP contribution in [0.4, 0.5) is 10.1 Å². The first-order valence-corrected chi connectivity index (χ1v) is 6.55. The molecule has 0 aliphatic carbocycles. The quantitative estimate of drug-likeness (QED) is 0.890. The smallest absolute Gasteiger partial charge is 0.143 e. The number of nitrogens with one attached hydrogen (secondary N) is 1. The van der Waals surface area contributed by atoms with Crippen LogP contribution in [0.3, 0.4) is 0 Å². The number of hydrogen-bond donors (Lipinski definition) is 1. The van der Waals surface area contributed by atoms with Gasteiger partial charge in [-0.3, -0.25) is 0 Å². The third-order valence-electron chi connectivity index (χ3n) is 3.39. The van der Waals surface area contributed by atoms with E-state index >= 15 is 0 Å². The lowest BCUT2D eigenvalue weighted by Crippen LogP contribution is -2.10. The van der Waals surface area contributed by atoms with Crippen molar-refractivity contribution in [3.8, 4) is 6.07 Å². The highest BCUT2D eigenvalue weighted by Crippen LogP contribution is 2.26. The Balaban J connectivity index is 2.31. The van der Waals surface area contributed by atoms with E-state index in [2.05, 4.69) is 37.4 Å². The fourth-order valence-electron chi connectivity index (χ4n) is 2.38. The summed E-state index contributed by atoms with van der Waals surface area (Å²) in [7, 11) is 0. The van der Waals surface area contributed by atoms with Gasteiger partial charge < -0.3 is 5.32 Å². The first-order valence-electron chi connectivity index (χ1n) is 6.55. The van der Waals surface area contributed by atoms with Crippen LogP contribution < -0.4 is 5.32 Å². The van der Waals surface area contributed by atoms with E-state index in [4.69, 9.17) is 5.26 Å². The van der Waals surface area contributed by atoms with Crippen molar-refractivity contribution in [2.75, 3.05) is 5.32 Å². The largest absolute Gasteiger partial charge is 0.377 e. The summed E-state index contributed by atoms with van der Waals surface area (Å²) in [6.45, 7) is 6.11. The topological polar surface area (TPSA) is 35.8 Å². The van der Waals surface area contributed by atoms with Crippen molar-refractivity contribution in [3.63, 3.8) is 0 Å². The second-order valence-electron chi connectivity index (χ2n) is 5.00. The molecule has 0 aromatic heterocycles. The van der Waals surface area contributed by atoms with Crippen LogP contribution >= 0.6 is 0 Å². The summed E-state index contributed by atoms with van der Waals surface area (Å²) in [5.41, 5.74) is 4.12. The Hall–Kier alpha value is -2.34. The summed E-state index contributed by atoms with van der Waals surface area (Å²) in [6.07, 6.45) is 0. The summed E-state index contributed by atoms with van der Waals surface area (Å²) in [5.74, 6) is -0.495. The normalized spacial score (nSPS) is 11.8. The maximum atomic E-state index is 13.6. The van der Waals surface area contributed by atoms with Crippen LogP contribution in [0, 0.1) is 31.0 Å². The lowest BCUT2D eigenvalue weighted by molar-refractivity contribution is 0.624. The number of nitriles is 1. The van der Waals surface area contributed by atoms with E-state index in [1.807, 2.05) is 13.0 Å². The molecule has 0 radical (unpaired) electrons. The van der Waals surface area contributed by atoms with E-state index in [1.165, 1.54) is 17.2 Å². The van der Waals surface area contributed by atoms with Crippen LogP contribution in [0.15, 0.2) is 36.4 Å². The molecule has 0 saturated heterocycles. The number of rotatable bonds is 3. The van der Waals surface area contributed by atoms with Gasteiger partial charge in [-0.1, -0.05) is 29.8 Å². The maximum Gasteiger partial charge on any atom is 0.143 e. The van der Waals surface area contributed by atoms with E-state index in [1.54, 1.807) is 12.1 Å². The molecule has 0 amide bonds. The van der Waals surface area contributed by atoms with Crippen LogP contribution in [-0.2, 0) is 0 Å². The molecule has 102 valence electrons.